The van der Waals surface area contributed by atoms with Crippen LogP contribution in [0.5, 0.6) is 0 Å². The van der Waals surface area contributed by atoms with E-state index in [9.17, 15) is 14.0 Å². The maximum atomic E-state index is 14.0. The predicted octanol–water partition coefficient (Wildman–Crippen LogP) is 1.23. The van der Waals surface area contributed by atoms with Crippen molar-refractivity contribution in [1.82, 2.24) is 14.6 Å². The van der Waals surface area contributed by atoms with E-state index in [1.54, 1.807) is 13.0 Å². The highest BCUT2D eigenvalue weighted by Crippen LogP contribution is 2.26. The zero-order valence-electron chi connectivity index (χ0n) is 12.1. The fourth-order valence-electron chi connectivity index (χ4n) is 2.57. The first-order valence-electron chi connectivity index (χ1n) is 7.18. The zero-order chi connectivity index (χ0) is 15.7. The van der Waals surface area contributed by atoms with Crippen LogP contribution in [0.2, 0.25) is 0 Å². The molecule has 0 bridgehead atoms. The molecule has 1 N–H and O–H groups in total. The summed E-state index contributed by atoms with van der Waals surface area (Å²) < 4.78 is 25.1. The molecule has 0 unspecified atom stereocenters. The number of carbonyl (C=O) groups is 1. The summed E-state index contributed by atoms with van der Waals surface area (Å²) in [5, 5.41) is 2.87. The number of H-pyrrole nitrogens is 1. The first-order valence-corrected chi connectivity index (χ1v) is 7.18. The second-order valence-electron chi connectivity index (χ2n) is 5.09. The van der Waals surface area contributed by atoms with Gasteiger partial charge in [-0.1, -0.05) is 0 Å². The third-order valence-corrected chi connectivity index (χ3v) is 3.71. The van der Waals surface area contributed by atoms with Crippen molar-refractivity contribution in [2.24, 2.45) is 0 Å². The maximum absolute atomic E-state index is 14.0. The van der Waals surface area contributed by atoms with Crippen LogP contribution in [0, 0.1) is 5.82 Å². The molecule has 1 saturated heterocycles. The van der Waals surface area contributed by atoms with Gasteiger partial charge >= 0.3 is 11.5 Å². The number of nitrogens with one attached hydrogen (secondary N) is 1. The summed E-state index contributed by atoms with van der Waals surface area (Å²) in [5.41, 5.74) is -0.528. The number of nitrogens with zero attached hydrogens (tertiary/aromatic N) is 2. The number of ether oxygens (including phenoxy) is 2. The van der Waals surface area contributed by atoms with Gasteiger partial charge in [-0.05, 0) is 19.8 Å². The lowest BCUT2D eigenvalue weighted by Gasteiger charge is -2.20. The van der Waals surface area contributed by atoms with Crippen LogP contribution >= 0.6 is 0 Å². The quantitative estimate of drug-likeness (QED) is 0.862. The Labute approximate surface area is 125 Å². The lowest BCUT2D eigenvalue weighted by molar-refractivity contribution is 0.0513. The van der Waals surface area contributed by atoms with Gasteiger partial charge in [-0.25, -0.2) is 9.78 Å². The van der Waals surface area contributed by atoms with Gasteiger partial charge in [0.15, 0.2) is 11.3 Å². The number of hydrogen-bond acceptors (Lipinski definition) is 5. The summed E-state index contributed by atoms with van der Waals surface area (Å²) in [6, 6.07) is 1.67. The molecule has 0 aromatic carbocycles. The Morgan fingerprint density at radius 1 is 1.55 bits per heavy atom. The van der Waals surface area contributed by atoms with Crippen LogP contribution in [0.3, 0.4) is 0 Å². The number of esters is 1. The van der Waals surface area contributed by atoms with Crippen molar-refractivity contribution in [3.05, 3.63) is 33.6 Å². The van der Waals surface area contributed by atoms with Gasteiger partial charge in [-0.3, -0.25) is 9.89 Å². The number of fused-ring (bicyclic) bond motifs is 1. The monoisotopic (exact) mass is 309 g/mol. The third-order valence-electron chi connectivity index (χ3n) is 3.71. The molecule has 0 aliphatic carbocycles. The Bertz CT molecular complexity index is 761. The third kappa shape index (κ3) is 2.50. The van der Waals surface area contributed by atoms with E-state index in [0.717, 1.165) is 23.1 Å². The number of aromatic amines is 1. The molecule has 0 spiro atoms. The summed E-state index contributed by atoms with van der Waals surface area (Å²) >= 11 is 0. The Kier molecular flexibility index (Phi) is 3.93. The van der Waals surface area contributed by atoms with E-state index >= 15 is 0 Å². The van der Waals surface area contributed by atoms with Crippen LogP contribution in [0.1, 0.15) is 41.9 Å². The smallest absolute Gasteiger partial charge is 0.360 e. The zero-order valence-corrected chi connectivity index (χ0v) is 12.1. The molecule has 1 aliphatic heterocycles. The number of aromatic nitrogens is 3. The maximum Gasteiger partial charge on any atom is 0.360 e. The average Bonchev–Trinajstić information content (AvgIpc) is 2.96. The van der Waals surface area contributed by atoms with Gasteiger partial charge in [0.2, 0.25) is 5.82 Å². The summed E-state index contributed by atoms with van der Waals surface area (Å²) in [7, 11) is 0. The molecule has 7 nitrogen and oxygen atoms in total. The number of rotatable bonds is 3. The van der Waals surface area contributed by atoms with Crippen LogP contribution in [0.15, 0.2) is 10.9 Å². The Balaban J connectivity index is 2.06. The molecule has 0 saturated carbocycles. The summed E-state index contributed by atoms with van der Waals surface area (Å²) in [6.45, 7) is 2.97. The predicted molar refractivity (Wildman–Crippen MR) is 74.5 cm³/mol. The van der Waals surface area contributed by atoms with E-state index in [2.05, 4.69) is 10.1 Å². The van der Waals surface area contributed by atoms with Crippen LogP contribution in [-0.2, 0) is 9.47 Å². The van der Waals surface area contributed by atoms with Gasteiger partial charge in [0, 0.05) is 30.9 Å². The average molecular weight is 309 g/mol. The van der Waals surface area contributed by atoms with Gasteiger partial charge in [-0.2, -0.15) is 8.91 Å². The molecule has 8 heteroatoms. The van der Waals surface area contributed by atoms with Gasteiger partial charge in [-0.15, -0.1) is 0 Å². The molecule has 2 aromatic rings. The minimum absolute atomic E-state index is 0.0831. The number of hydrogen-bond donors (Lipinski definition) is 1. The molecule has 1 aliphatic rings. The lowest BCUT2D eigenvalue weighted by atomic mass is 9.97. The van der Waals surface area contributed by atoms with Crippen LogP contribution in [0.25, 0.3) is 5.65 Å². The lowest BCUT2D eigenvalue weighted by Crippen LogP contribution is -2.24. The number of carbonyl (C=O) groups excluding carboxylic acids is 1. The van der Waals surface area contributed by atoms with Crippen molar-refractivity contribution < 1.29 is 18.7 Å². The van der Waals surface area contributed by atoms with Crippen molar-refractivity contribution in [3.8, 4) is 0 Å². The Morgan fingerprint density at radius 2 is 2.27 bits per heavy atom. The molecule has 3 rings (SSSR count). The summed E-state index contributed by atoms with van der Waals surface area (Å²) in [5.74, 6) is -1.95. The van der Waals surface area contributed by atoms with E-state index < -0.39 is 23.0 Å². The topological polar surface area (TPSA) is 85.7 Å². The van der Waals surface area contributed by atoms with Crippen molar-refractivity contribution in [2.45, 2.75) is 25.7 Å². The van der Waals surface area contributed by atoms with Crippen molar-refractivity contribution in [3.63, 3.8) is 0 Å². The molecule has 2 aromatic heterocycles. The van der Waals surface area contributed by atoms with Crippen LogP contribution in [-0.4, -0.2) is 40.4 Å². The van der Waals surface area contributed by atoms with Gasteiger partial charge < -0.3 is 9.47 Å². The normalized spacial score (nSPS) is 16.1. The minimum atomic E-state index is -1.21. The standard InChI is InChI=1S/C14H16FN3O4/c1-2-22-14(20)12-11(15)13(19)18-10(16-12)7-9(17-18)8-3-5-21-6-4-8/h7-8,17H,2-6H2,1H3. The molecule has 3 heterocycles. The van der Waals surface area contributed by atoms with Crippen molar-refractivity contribution >= 4 is 11.6 Å². The second kappa shape index (κ2) is 5.88. The fourth-order valence-corrected chi connectivity index (χ4v) is 2.57. The SMILES string of the molecule is CCOC(=O)c1nc2cc(C3CCOCC3)[nH]n2c(=O)c1F. The molecule has 0 amide bonds. The molecule has 22 heavy (non-hydrogen) atoms. The molecule has 0 atom stereocenters. The summed E-state index contributed by atoms with van der Waals surface area (Å²) in [4.78, 5) is 27.6. The van der Waals surface area contributed by atoms with Crippen LogP contribution < -0.4 is 5.56 Å². The first kappa shape index (κ1) is 14.7. The van der Waals surface area contributed by atoms with Gasteiger partial charge in [0.05, 0.1) is 6.61 Å². The van der Waals surface area contributed by atoms with E-state index in [4.69, 9.17) is 9.47 Å². The second-order valence-corrected chi connectivity index (χ2v) is 5.09. The first-order chi connectivity index (χ1) is 10.6. The van der Waals surface area contributed by atoms with Crippen LogP contribution in [0.4, 0.5) is 4.39 Å². The Morgan fingerprint density at radius 3 is 2.95 bits per heavy atom. The summed E-state index contributed by atoms with van der Waals surface area (Å²) in [6.07, 6.45) is 1.63. The highest BCUT2D eigenvalue weighted by molar-refractivity contribution is 5.88. The fraction of sp³-hybridized carbons (Fsp3) is 0.500. The van der Waals surface area contributed by atoms with Gasteiger partial charge in [0.25, 0.3) is 0 Å². The molecular weight excluding hydrogens is 293 g/mol. The van der Waals surface area contributed by atoms with E-state index in [0.29, 0.717) is 13.2 Å². The van der Waals surface area contributed by atoms with Crippen molar-refractivity contribution in [1.29, 1.82) is 0 Å². The van der Waals surface area contributed by atoms with E-state index in [1.807, 2.05) is 0 Å². The van der Waals surface area contributed by atoms with Gasteiger partial charge in [0.1, 0.15) is 0 Å². The molecule has 0 radical (unpaired) electrons. The van der Waals surface area contributed by atoms with E-state index in [1.165, 1.54) is 0 Å². The van der Waals surface area contributed by atoms with E-state index in [-0.39, 0.29) is 18.2 Å². The minimum Gasteiger partial charge on any atom is -0.461 e. The number of halogens is 1. The Hall–Kier alpha value is -2.22. The largest absolute Gasteiger partial charge is 0.461 e. The molecule has 1 fully saturated rings. The van der Waals surface area contributed by atoms with Crippen molar-refractivity contribution in [2.75, 3.05) is 19.8 Å². The highest BCUT2D eigenvalue weighted by atomic mass is 19.1. The molecule has 118 valence electrons. The molecular formula is C14H16FN3O4. The highest BCUT2D eigenvalue weighted by Gasteiger charge is 2.23.